The molecule has 0 amide bonds. The van der Waals surface area contributed by atoms with Crippen molar-refractivity contribution in [2.24, 2.45) is 5.41 Å². The average molecular weight is 308 g/mol. The van der Waals surface area contributed by atoms with Crippen molar-refractivity contribution in [2.45, 2.75) is 53.1 Å². The third-order valence-corrected chi connectivity index (χ3v) is 4.07. The number of Topliss-reactive ketones (excluding diaryl/α,β-unsaturated/α-hetero) is 1. The highest BCUT2D eigenvalue weighted by Gasteiger charge is 2.26. The van der Waals surface area contributed by atoms with Crippen LogP contribution in [-0.2, 0) is 10.4 Å². The molecule has 124 valence electrons. The number of ether oxygens (including phenoxy) is 2. The molecule has 0 aliphatic rings. The molecule has 0 fully saturated rings. The summed E-state index contributed by atoms with van der Waals surface area (Å²) in [6, 6.07) is 5.36. The molecular weight excluding hydrogens is 280 g/mol. The van der Waals surface area contributed by atoms with Gasteiger partial charge < -0.3 is 14.6 Å². The van der Waals surface area contributed by atoms with Crippen LogP contribution in [-0.4, -0.2) is 24.6 Å². The number of hydrogen-bond donors (Lipinski definition) is 1. The zero-order valence-electron chi connectivity index (χ0n) is 14.5. The predicted octanol–water partition coefficient (Wildman–Crippen LogP) is 3.70. The van der Waals surface area contributed by atoms with Gasteiger partial charge in [0.05, 0.1) is 12.7 Å². The number of carbonyl (C=O) groups is 1. The van der Waals surface area contributed by atoms with Crippen molar-refractivity contribution >= 4 is 5.78 Å². The number of ketones is 1. The Labute approximate surface area is 133 Å². The summed E-state index contributed by atoms with van der Waals surface area (Å²) in [7, 11) is 1.55. The van der Waals surface area contributed by atoms with E-state index < -0.39 is 11.0 Å². The summed E-state index contributed by atoms with van der Waals surface area (Å²) in [5.74, 6) is 1.06. The third-order valence-electron chi connectivity index (χ3n) is 4.07. The lowest BCUT2D eigenvalue weighted by Gasteiger charge is -2.26. The molecule has 4 nitrogen and oxygen atoms in total. The first-order chi connectivity index (χ1) is 10.2. The van der Waals surface area contributed by atoms with Crippen LogP contribution < -0.4 is 9.47 Å². The molecule has 4 heteroatoms. The molecular formula is C18H28O4. The topological polar surface area (TPSA) is 55.8 Å². The molecule has 1 aromatic carbocycles. The molecule has 1 aromatic rings. The van der Waals surface area contributed by atoms with Gasteiger partial charge in [0.1, 0.15) is 6.61 Å². The fourth-order valence-corrected chi connectivity index (χ4v) is 2.09. The normalized spacial score (nSPS) is 12.1. The number of benzene rings is 1. The third kappa shape index (κ3) is 4.23. The lowest BCUT2D eigenvalue weighted by Crippen LogP contribution is -2.26. The fourth-order valence-electron chi connectivity index (χ4n) is 2.09. The van der Waals surface area contributed by atoms with Gasteiger partial charge in [-0.25, -0.2) is 0 Å². The van der Waals surface area contributed by atoms with E-state index in [1.807, 2.05) is 40.7 Å². The molecule has 0 aliphatic heterocycles. The summed E-state index contributed by atoms with van der Waals surface area (Å²) >= 11 is 0. The maximum absolute atomic E-state index is 12.0. The Morgan fingerprint density at radius 3 is 2.18 bits per heavy atom. The molecule has 1 N–H and O–H groups in total. The van der Waals surface area contributed by atoms with E-state index in [1.165, 1.54) is 0 Å². The van der Waals surface area contributed by atoms with E-state index >= 15 is 0 Å². The largest absolute Gasteiger partial charge is 0.493 e. The summed E-state index contributed by atoms with van der Waals surface area (Å²) in [6.07, 6.45) is 1.24. The predicted molar refractivity (Wildman–Crippen MR) is 87.4 cm³/mol. The van der Waals surface area contributed by atoms with Gasteiger partial charge in [0, 0.05) is 5.41 Å². The molecule has 0 atom stereocenters. The van der Waals surface area contributed by atoms with Crippen molar-refractivity contribution in [1.82, 2.24) is 0 Å². The molecule has 1 rings (SSSR count). The van der Waals surface area contributed by atoms with Crippen molar-refractivity contribution in [3.63, 3.8) is 0 Å². The zero-order chi connectivity index (χ0) is 17.0. The first kappa shape index (κ1) is 18.5. The Hall–Kier alpha value is -1.55. The zero-order valence-corrected chi connectivity index (χ0v) is 14.5. The highest BCUT2D eigenvalue weighted by Crippen LogP contribution is 2.35. The maximum atomic E-state index is 12.0. The van der Waals surface area contributed by atoms with Gasteiger partial charge in [-0.2, -0.15) is 0 Å². The molecule has 0 saturated heterocycles. The standard InChI is InChI=1S/C18H28O4/c1-7-18(20,8-2)13-9-10-14(15(11-13)21-6)22-12-16(19)17(3,4)5/h9-11,20H,7-8,12H2,1-6H3. The van der Waals surface area contributed by atoms with Gasteiger partial charge in [-0.05, 0) is 30.5 Å². The van der Waals surface area contributed by atoms with Gasteiger partial charge in [-0.3, -0.25) is 4.79 Å². The second-order valence-electron chi connectivity index (χ2n) is 6.57. The highest BCUT2D eigenvalue weighted by atomic mass is 16.5. The molecule has 0 saturated carbocycles. The van der Waals surface area contributed by atoms with Crippen molar-refractivity contribution in [3.8, 4) is 11.5 Å². The van der Waals surface area contributed by atoms with E-state index in [0.717, 1.165) is 5.56 Å². The van der Waals surface area contributed by atoms with Crippen LogP contribution in [0.25, 0.3) is 0 Å². The number of methoxy groups -OCH3 is 1. The Morgan fingerprint density at radius 1 is 1.14 bits per heavy atom. The van der Waals surface area contributed by atoms with Crippen molar-refractivity contribution < 1.29 is 19.4 Å². The van der Waals surface area contributed by atoms with E-state index in [0.29, 0.717) is 24.3 Å². The van der Waals surface area contributed by atoms with Crippen LogP contribution in [0.4, 0.5) is 0 Å². The monoisotopic (exact) mass is 308 g/mol. The first-order valence-electron chi connectivity index (χ1n) is 7.75. The smallest absolute Gasteiger partial charge is 0.175 e. The van der Waals surface area contributed by atoms with Gasteiger partial charge >= 0.3 is 0 Å². The Bertz CT molecular complexity index is 510. The lowest BCUT2D eigenvalue weighted by molar-refractivity contribution is -0.128. The highest BCUT2D eigenvalue weighted by molar-refractivity contribution is 5.85. The lowest BCUT2D eigenvalue weighted by atomic mass is 9.88. The molecule has 0 radical (unpaired) electrons. The van der Waals surface area contributed by atoms with Gasteiger partial charge in [0.25, 0.3) is 0 Å². The van der Waals surface area contributed by atoms with Crippen LogP contribution in [0.5, 0.6) is 11.5 Å². The quantitative estimate of drug-likeness (QED) is 0.834. The maximum Gasteiger partial charge on any atom is 0.175 e. The van der Waals surface area contributed by atoms with E-state index in [9.17, 15) is 9.90 Å². The van der Waals surface area contributed by atoms with Crippen LogP contribution in [0.15, 0.2) is 18.2 Å². The van der Waals surface area contributed by atoms with E-state index in [1.54, 1.807) is 19.2 Å². The minimum atomic E-state index is -0.868. The summed E-state index contributed by atoms with van der Waals surface area (Å²) in [6.45, 7) is 9.49. The van der Waals surface area contributed by atoms with Crippen molar-refractivity contribution in [1.29, 1.82) is 0 Å². The fraction of sp³-hybridized carbons (Fsp3) is 0.611. The second kappa shape index (κ2) is 7.14. The summed E-state index contributed by atoms with van der Waals surface area (Å²) in [4.78, 5) is 12.0. The second-order valence-corrected chi connectivity index (χ2v) is 6.57. The number of carbonyl (C=O) groups excluding carboxylic acids is 1. The summed E-state index contributed by atoms with van der Waals surface area (Å²) < 4.78 is 10.9. The number of rotatable bonds is 7. The van der Waals surface area contributed by atoms with Crippen LogP contribution in [0.3, 0.4) is 0 Å². The molecule has 0 unspecified atom stereocenters. The number of aliphatic hydroxyl groups is 1. The minimum absolute atomic E-state index is 0.00499. The molecule has 0 spiro atoms. The Balaban J connectivity index is 2.97. The minimum Gasteiger partial charge on any atom is -0.493 e. The Morgan fingerprint density at radius 2 is 1.73 bits per heavy atom. The van der Waals surface area contributed by atoms with Gasteiger partial charge in [-0.15, -0.1) is 0 Å². The van der Waals surface area contributed by atoms with Crippen molar-refractivity contribution in [2.75, 3.05) is 13.7 Å². The molecule has 0 bridgehead atoms. The summed E-state index contributed by atoms with van der Waals surface area (Å²) in [5.41, 5.74) is -0.505. The van der Waals surface area contributed by atoms with E-state index in [4.69, 9.17) is 9.47 Å². The van der Waals surface area contributed by atoms with Crippen LogP contribution in [0, 0.1) is 5.41 Å². The molecule has 0 aromatic heterocycles. The molecule has 22 heavy (non-hydrogen) atoms. The Kier molecular flexibility index (Phi) is 6.00. The van der Waals surface area contributed by atoms with Gasteiger partial charge in [-0.1, -0.05) is 40.7 Å². The molecule has 0 aliphatic carbocycles. The van der Waals surface area contributed by atoms with Crippen LogP contribution in [0.1, 0.15) is 53.0 Å². The average Bonchev–Trinajstić information content (AvgIpc) is 2.50. The van der Waals surface area contributed by atoms with Gasteiger partial charge in [0.2, 0.25) is 0 Å². The van der Waals surface area contributed by atoms with Crippen LogP contribution in [0.2, 0.25) is 0 Å². The molecule has 0 heterocycles. The van der Waals surface area contributed by atoms with Gasteiger partial charge in [0.15, 0.2) is 17.3 Å². The van der Waals surface area contributed by atoms with E-state index in [-0.39, 0.29) is 12.4 Å². The van der Waals surface area contributed by atoms with E-state index in [2.05, 4.69) is 0 Å². The van der Waals surface area contributed by atoms with Crippen molar-refractivity contribution in [3.05, 3.63) is 23.8 Å². The SMILES string of the molecule is CCC(O)(CC)c1ccc(OCC(=O)C(C)(C)C)c(OC)c1. The first-order valence-corrected chi connectivity index (χ1v) is 7.75. The van der Waals surface area contributed by atoms with Crippen LogP contribution >= 0.6 is 0 Å². The number of hydrogen-bond acceptors (Lipinski definition) is 4. The summed E-state index contributed by atoms with van der Waals surface area (Å²) in [5, 5.41) is 10.6.